The van der Waals surface area contributed by atoms with Gasteiger partial charge in [-0.25, -0.2) is 4.99 Å². The predicted molar refractivity (Wildman–Crippen MR) is 164 cm³/mol. The zero-order valence-electron chi connectivity index (χ0n) is 23.6. The highest BCUT2D eigenvalue weighted by Gasteiger charge is 2.53. The minimum Gasteiger partial charge on any atom is -0.494 e. The molecule has 1 aliphatic rings. The lowest BCUT2D eigenvalue weighted by Crippen LogP contribution is -2.49. The van der Waals surface area contributed by atoms with Crippen LogP contribution in [0.3, 0.4) is 0 Å². The van der Waals surface area contributed by atoms with Crippen LogP contribution in [0.2, 0.25) is 0 Å². The Balaban J connectivity index is 1.55. The Hall–Kier alpha value is -4.15. The van der Waals surface area contributed by atoms with E-state index >= 15 is 0 Å². The molecule has 0 saturated heterocycles. The summed E-state index contributed by atoms with van der Waals surface area (Å²) in [6, 6.07) is 28.8. The molecule has 0 unspecified atom stereocenters. The van der Waals surface area contributed by atoms with Crippen LogP contribution in [0.15, 0.2) is 113 Å². The van der Waals surface area contributed by atoms with Gasteiger partial charge in [0, 0.05) is 36.0 Å². The molecule has 44 heavy (non-hydrogen) atoms. The van der Waals surface area contributed by atoms with Crippen molar-refractivity contribution in [3.8, 4) is 5.75 Å². The maximum Gasteiger partial charge on any atom is 0.416 e. The Labute approximate surface area is 261 Å². The number of alkyl halides is 3. The van der Waals surface area contributed by atoms with Gasteiger partial charge in [-0.1, -0.05) is 76.6 Å². The van der Waals surface area contributed by atoms with Gasteiger partial charge in [0.2, 0.25) is 5.90 Å². The monoisotopic (exact) mass is 666 g/mol. The molecule has 0 saturated carbocycles. The van der Waals surface area contributed by atoms with Crippen LogP contribution in [-0.4, -0.2) is 35.7 Å². The zero-order valence-corrected chi connectivity index (χ0v) is 25.1. The SMILES string of the molecule is O=C(NCc1ccccc1C(F)(F)F)[C@]1(Cc2ccc(Br)cc2)N=C(c2ccc(OCCCO)cc2)O[C@@H]1c1ccccc1. The molecule has 0 aromatic heterocycles. The van der Waals surface area contributed by atoms with Crippen LogP contribution in [0.4, 0.5) is 13.2 Å². The second-order valence-electron chi connectivity index (χ2n) is 10.3. The lowest BCUT2D eigenvalue weighted by molar-refractivity contribution is -0.138. The number of hydrogen-bond acceptors (Lipinski definition) is 5. The molecule has 6 nitrogen and oxygen atoms in total. The van der Waals surface area contributed by atoms with Crippen molar-refractivity contribution in [1.29, 1.82) is 0 Å². The van der Waals surface area contributed by atoms with Gasteiger partial charge in [0.1, 0.15) is 5.75 Å². The highest BCUT2D eigenvalue weighted by Crippen LogP contribution is 2.43. The normalized spacial score (nSPS) is 17.9. The van der Waals surface area contributed by atoms with E-state index in [0.717, 1.165) is 16.1 Å². The molecule has 2 atom stereocenters. The van der Waals surface area contributed by atoms with E-state index in [1.54, 1.807) is 24.3 Å². The molecule has 0 fully saturated rings. The molecular weight excluding hydrogens is 637 g/mol. The maximum absolute atomic E-state index is 14.3. The van der Waals surface area contributed by atoms with Gasteiger partial charge in [-0.05, 0) is 59.2 Å². The van der Waals surface area contributed by atoms with Gasteiger partial charge in [0.15, 0.2) is 11.6 Å². The molecule has 228 valence electrons. The standard InChI is InChI=1S/C34H30BrF3N2O4/c35-27-15-11-23(12-16-27)21-33(32(42)39-22-26-9-4-5-10-29(26)34(36,37)38)30(24-7-2-1-3-8-24)44-31(40-33)25-13-17-28(18-14-25)43-20-6-19-41/h1-5,7-18,30,41H,6,19-22H2,(H,39,42)/t30-,33-/m1/s1. The quantitative estimate of drug-likeness (QED) is 0.168. The number of rotatable bonds is 11. The number of ether oxygens (including phenoxy) is 2. The predicted octanol–water partition coefficient (Wildman–Crippen LogP) is 7.05. The molecule has 1 heterocycles. The molecule has 0 radical (unpaired) electrons. The molecule has 0 spiro atoms. The summed E-state index contributed by atoms with van der Waals surface area (Å²) in [4.78, 5) is 19.2. The van der Waals surface area contributed by atoms with Gasteiger partial charge in [-0.2, -0.15) is 13.2 Å². The minimum absolute atomic E-state index is 0.0217. The van der Waals surface area contributed by atoms with E-state index in [1.165, 1.54) is 18.2 Å². The Morgan fingerprint density at radius 3 is 2.32 bits per heavy atom. The lowest BCUT2D eigenvalue weighted by atomic mass is 9.82. The summed E-state index contributed by atoms with van der Waals surface area (Å²) in [5.74, 6) is 0.261. The van der Waals surface area contributed by atoms with Gasteiger partial charge in [0.05, 0.1) is 12.2 Å². The van der Waals surface area contributed by atoms with E-state index in [2.05, 4.69) is 21.2 Å². The van der Waals surface area contributed by atoms with Crippen molar-refractivity contribution in [3.05, 3.63) is 135 Å². The van der Waals surface area contributed by atoms with Crippen LogP contribution >= 0.6 is 15.9 Å². The van der Waals surface area contributed by atoms with E-state index < -0.39 is 29.3 Å². The molecule has 1 amide bonds. The van der Waals surface area contributed by atoms with Crippen LogP contribution in [0.1, 0.15) is 40.3 Å². The molecule has 5 rings (SSSR count). The first-order chi connectivity index (χ1) is 21.2. The third kappa shape index (κ3) is 7.14. The number of aliphatic hydroxyl groups is 1. The third-order valence-electron chi connectivity index (χ3n) is 7.28. The Kier molecular flexibility index (Phi) is 9.71. The molecule has 2 N–H and O–H groups in total. The summed E-state index contributed by atoms with van der Waals surface area (Å²) in [5.41, 5.74) is -0.320. The summed E-state index contributed by atoms with van der Waals surface area (Å²) in [5, 5.41) is 11.8. The van der Waals surface area contributed by atoms with Gasteiger partial charge in [0.25, 0.3) is 5.91 Å². The smallest absolute Gasteiger partial charge is 0.416 e. The maximum atomic E-state index is 14.3. The first-order valence-electron chi connectivity index (χ1n) is 14.0. The number of hydrogen-bond donors (Lipinski definition) is 2. The molecule has 0 bridgehead atoms. The zero-order chi connectivity index (χ0) is 31.2. The second-order valence-corrected chi connectivity index (χ2v) is 11.3. The van der Waals surface area contributed by atoms with E-state index in [9.17, 15) is 18.0 Å². The van der Waals surface area contributed by atoms with Crippen LogP contribution < -0.4 is 10.1 Å². The number of carbonyl (C=O) groups is 1. The number of nitrogens with zero attached hydrogens (tertiary/aromatic N) is 1. The number of carbonyl (C=O) groups excluding carboxylic acids is 1. The number of benzene rings is 4. The summed E-state index contributed by atoms with van der Waals surface area (Å²) in [6.45, 7) is 0.0358. The van der Waals surface area contributed by atoms with E-state index in [1.807, 2.05) is 54.6 Å². The molecule has 4 aromatic rings. The minimum atomic E-state index is -4.57. The van der Waals surface area contributed by atoms with Crippen molar-refractivity contribution < 1.29 is 32.5 Å². The number of aliphatic hydroxyl groups excluding tert-OH is 1. The van der Waals surface area contributed by atoms with Crippen LogP contribution in [0, 0.1) is 0 Å². The molecule has 1 aliphatic heterocycles. The van der Waals surface area contributed by atoms with Gasteiger partial charge >= 0.3 is 6.18 Å². The largest absolute Gasteiger partial charge is 0.494 e. The van der Waals surface area contributed by atoms with E-state index in [0.29, 0.717) is 29.9 Å². The van der Waals surface area contributed by atoms with Crippen LogP contribution in [0.25, 0.3) is 0 Å². The summed E-state index contributed by atoms with van der Waals surface area (Å²) >= 11 is 3.44. The van der Waals surface area contributed by atoms with Gasteiger partial charge in [-0.3, -0.25) is 4.79 Å². The fourth-order valence-electron chi connectivity index (χ4n) is 5.10. The van der Waals surface area contributed by atoms with Crippen molar-refractivity contribution in [2.24, 2.45) is 4.99 Å². The van der Waals surface area contributed by atoms with Crippen LogP contribution in [-0.2, 0) is 28.7 Å². The summed E-state index contributed by atoms with van der Waals surface area (Å²) in [7, 11) is 0. The first-order valence-corrected chi connectivity index (χ1v) is 14.8. The second kappa shape index (κ2) is 13.7. The average molecular weight is 668 g/mol. The van der Waals surface area contributed by atoms with Crippen LogP contribution in [0.5, 0.6) is 5.75 Å². The van der Waals surface area contributed by atoms with E-state index in [-0.39, 0.29) is 31.0 Å². The van der Waals surface area contributed by atoms with Crippen molar-refractivity contribution in [2.75, 3.05) is 13.2 Å². The average Bonchev–Trinajstić information content (AvgIpc) is 3.42. The first kappa shape index (κ1) is 31.3. The van der Waals surface area contributed by atoms with Gasteiger partial charge < -0.3 is 19.9 Å². The number of nitrogens with one attached hydrogen (secondary N) is 1. The fraction of sp³-hybridized carbons (Fsp3) is 0.235. The Morgan fingerprint density at radius 1 is 0.955 bits per heavy atom. The van der Waals surface area contributed by atoms with E-state index in [4.69, 9.17) is 19.6 Å². The Bertz CT molecular complexity index is 1600. The molecule has 10 heteroatoms. The highest BCUT2D eigenvalue weighted by molar-refractivity contribution is 9.10. The van der Waals surface area contributed by atoms with Crippen molar-refractivity contribution in [1.82, 2.24) is 5.32 Å². The van der Waals surface area contributed by atoms with Crippen molar-refractivity contribution >= 4 is 27.7 Å². The summed E-state index contributed by atoms with van der Waals surface area (Å²) in [6.07, 6.45) is -4.82. The fourth-order valence-corrected chi connectivity index (χ4v) is 5.37. The molecule has 4 aromatic carbocycles. The number of halogens is 4. The van der Waals surface area contributed by atoms with Gasteiger partial charge in [-0.15, -0.1) is 0 Å². The highest BCUT2D eigenvalue weighted by atomic mass is 79.9. The third-order valence-corrected chi connectivity index (χ3v) is 7.81. The molecule has 0 aliphatic carbocycles. The molecular formula is C34H30BrF3N2O4. The number of amides is 1. The lowest BCUT2D eigenvalue weighted by Gasteiger charge is -2.31. The topological polar surface area (TPSA) is 80.2 Å². The summed E-state index contributed by atoms with van der Waals surface area (Å²) < 4.78 is 54.1. The van der Waals surface area contributed by atoms with Crippen molar-refractivity contribution in [2.45, 2.75) is 37.2 Å². The van der Waals surface area contributed by atoms with Crippen molar-refractivity contribution in [3.63, 3.8) is 0 Å². The number of aliphatic imine (C=N–C) groups is 1. The Morgan fingerprint density at radius 2 is 1.64 bits per heavy atom.